The van der Waals surface area contributed by atoms with Crippen LogP contribution in [0.5, 0.6) is 0 Å². The number of hydrogen-bond donors (Lipinski definition) is 1. The van der Waals surface area contributed by atoms with E-state index in [4.69, 9.17) is 4.74 Å². The fourth-order valence-electron chi connectivity index (χ4n) is 3.26. The monoisotopic (exact) mass is 393 g/mol. The maximum absolute atomic E-state index is 13.0. The minimum Gasteiger partial charge on any atom is -0.462 e. The molecule has 1 N–H and O–H groups in total. The molecular weight excluding hydrogens is 374 g/mol. The fourth-order valence-corrected chi connectivity index (χ4v) is 3.96. The number of amides is 1. The molecule has 1 aliphatic rings. The van der Waals surface area contributed by atoms with Gasteiger partial charge in [-0.1, -0.05) is 18.2 Å². The number of ether oxygens (including phenoxy) is 1. The zero-order chi connectivity index (χ0) is 19.5. The Morgan fingerprint density at radius 1 is 1.21 bits per heavy atom. The quantitative estimate of drug-likeness (QED) is 0.639. The molecule has 0 saturated carbocycles. The van der Waals surface area contributed by atoms with E-state index in [1.807, 2.05) is 23.6 Å². The number of nitrogens with zero attached hydrogens (tertiary/aromatic N) is 2. The van der Waals surface area contributed by atoms with Gasteiger partial charge in [-0.2, -0.15) is 0 Å². The van der Waals surface area contributed by atoms with Gasteiger partial charge in [0.25, 0.3) is 5.91 Å². The average Bonchev–Trinajstić information content (AvgIpc) is 3.32. The molecule has 28 heavy (non-hydrogen) atoms. The molecule has 1 aromatic carbocycles. The maximum atomic E-state index is 13.0. The Balaban J connectivity index is 1.70. The van der Waals surface area contributed by atoms with E-state index in [1.54, 1.807) is 59.7 Å². The highest BCUT2D eigenvalue weighted by Gasteiger charge is 2.38. The summed E-state index contributed by atoms with van der Waals surface area (Å²) in [5.41, 5.74) is 2.26. The molecule has 0 radical (unpaired) electrons. The van der Waals surface area contributed by atoms with E-state index in [-0.39, 0.29) is 5.91 Å². The van der Waals surface area contributed by atoms with E-state index in [0.29, 0.717) is 35.7 Å². The van der Waals surface area contributed by atoms with Crippen molar-refractivity contribution in [2.24, 2.45) is 0 Å². The molecule has 142 valence electrons. The largest absolute Gasteiger partial charge is 0.462 e. The summed E-state index contributed by atoms with van der Waals surface area (Å²) >= 11 is 1.60. The van der Waals surface area contributed by atoms with Crippen molar-refractivity contribution in [2.75, 3.05) is 11.9 Å². The topological polar surface area (TPSA) is 71.5 Å². The normalized spacial score (nSPS) is 15.4. The van der Waals surface area contributed by atoms with Crippen molar-refractivity contribution >= 4 is 28.9 Å². The minimum absolute atomic E-state index is 0.0809. The molecule has 0 aliphatic carbocycles. The molecule has 6 nitrogen and oxygen atoms in total. The Morgan fingerprint density at radius 2 is 2.07 bits per heavy atom. The van der Waals surface area contributed by atoms with E-state index in [1.165, 1.54) is 0 Å². The van der Waals surface area contributed by atoms with Gasteiger partial charge in [0.15, 0.2) is 0 Å². The van der Waals surface area contributed by atoms with Crippen molar-refractivity contribution in [2.45, 2.75) is 19.6 Å². The van der Waals surface area contributed by atoms with Crippen LogP contribution in [-0.2, 0) is 11.3 Å². The second kappa shape index (κ2) is 7.82. The number of benzene rings is 1. The van der Waals surface area contributed by atoms with E-state index in [9.17, 15) is 9.59 Å². The van der Waals surface area contributed by atoms with E-state index in [0.717, 1.165) is 4.88 Å². The number of para-hydroxylation sites is 1. The first-order chi connectivity index (χ1) is 13.7. The first-order valence-electron chi connectivity index (χ1n) is 9.00. The second-order valence-electron chi connectivity index (χ2n) is 6.26. The molecule has 0 fully saturated rings. The van der Waals surface area contributed by atoms with Crippen molar-refractivity contribution in [1.82, 2.24) is 9.88 Å². The summed E-state index contributed by atoms with van der Waals surface area (Å²) < 4.78 is 5.16. The molecule has 3 heterocycles. The number of pyridine rings is 1. The maximum Gasteiger partial charge on any atom is 0.340 e. The summed E-state index contributed by atoms with van der Waals surface area (Å²) in [7, 11) is 0. The van der Waals surface area contributed by atoms with Gasteiger partial charge in [-0.25, -0.2) is 4.79 Å². The third-order valence-electron chi connectivity index (χ3n) is 4.52. The molecule has 3 aromatic rings. The Hall–Kier alpha value is -3.19. The molecule has 1 aliphatic heterocycles. The van der Waals surface area contributed by atoms with Gasteiger partial charge in [0.05, 0.1) is 35.7 Å². The molecule has 0 spiro atoms. The number of carbonyl (C=O) groups is 2. The molecule has 0 bridgehead atoms. The van der Waals surface area contributed by atoms with E-state index >= 15 is 0 Å². The fraction of sp³-hybridized carbons (Fsp3) is 0.190. The zero-order valence-corrected chi connectivity index (χ0v) is 16.1. The Bertz CT molecular complexity index is 1000. The lowest BCUT2D eigenvalue weighted by molar-refractivity contribution is 0.0527. The number of esters is 1. The lowest BCUT2D eigenvalue weighted by atomic mass is 10.1. The standard InChI is InChI=1S/C21H19N3O3S/c1-2-27-21(26)15-8-3-4-10-17(15)23-19-18-16(9-5-11-22-18)20(25)24(19)13-14-7-6-12-28-14/h3-12,19,23H,2,13H2,1H3/t19-/m1/s1. The first kappa shape index (κ1) is 18.2. The molecule has 2 aromatic heterocycles. The van der Waals surface area contributed by atoms with Crippen LogP contribution in [0.4, 0.5) is 5.69 Å². The van der Waals surface area contributed by atoms with Crippen LogP contribution in [0.1, 0.15) is 44.4 Å². The highest BCUT2D eigenvalue weighted by molar-refractivity contribution is 7.09. The van der Waals surface area contributed by atoms with Crippen molar-refractivity contribution < 1.29 is 14.3 Å². The van der Waals surface area contributed by atoms with E-state index in [2.05, 4.69) is 10.3 Å². The molecular formula is C21H19N3O3S. The molecule has 7 heteroatoms. The number of thiophene rings is 1. The van der Waals surface area contributed by atoms with Crippen LogP contribution in [0.2, 0.25) is 0 Å². The number of rotatable bonds is 6. The second-order valence-corrected chi connectivity index (χ2v) is 7.29. The predicted molar refractivity (Wildman–Crippen MR) is 107 cm³/mol. The summed E-state index contributed by atoms with van der Waals surface area (Å²) in [6.45, 7) is 2.53. The Labute approximate surface area is 166 Å². The first-order valence-corrected chi connectivity index (χ1v) is 9.88. The van der Waals surface area contributed by atoms with Crippen LogP contribution >= 0.6 is 11.3 Å². The van der Waals surface area contributed by atoms with Crippen LogP contribution in [0.3, 0.4) is 0 Å². The van der Waals surface area contributed by atoms with Crippen molar-refractivity contribution in [3.05, 3.63) is 81.8 Å². The van der Waals surface area contributed by atoms with Crippen molar-refractivity contribution in [3.8, 4) is 0 Å². The van der Waals surface area contributed by atoms with Crippen LogP contribution in [0, 0.1) is 0 Å². The number of nitrogens with one attached hydrogen (secondary N) is 1. The van der Waals surface area contributed by atoms with Gasteiger partial charge in [0.2, 0.25) is 0 Å². The lowest BCUT2D eigenvalue weighted by Gasteiger charge is -2.26. The molecule has 1 atom stereocenters. The molecule has 0 saturated heterocycles. The van der Waals surface area contributed by atoms with Crippen molar-refractivity contribution in [1.29, 1.82) is 0 Å². The van der Waals surface area contributed by atoms with Gasteiger partial charge in [-0.05, 0) is 42.6 Å². The lowest BCUT2D eigenvalue weighted by Crippen LogP contribution is -2.32. The summed E-state index contributed by atoms with van der Waals surface area (Å²) in [5, 5.41) is 5.33. The molecule has 4 rings (SSSR count). The Morgan fingerprint density at radius 3 is 2.86 bits per heavy atom. The van der Waals surface area contributed by atoms with Crippen LogP contribution in [0.15, 0.2) is 60.1 Å². The predicted octanol–water partition coefficient (Wildman–Crippen LogP) is 4.09. The Kier molecular flexibility index (Phi) is 5.08. The van der Waals surface area contributed by atoms with Crippen molar-refractivity contribution in [3.63, 3.8) is 0 Å². The minimum atomic E-state index is -0.471. The summed E-state index contributed by atoms with van der Waals surface area (Å²) in [5.74, 6) is -0.483. The van der Waals surface area contributed by atoms with Gasteiger partial charge < -0.3 is 15.0 Å². The number of carbonyl (C=O) groups excluding carboxylic acids is 2. The van der Waals surface area contributed by atoms with Gasteiger partial charge >= 0.3 is 5.97 Å². The third kappa shape index (κ3) is 3.36. The highest BCUT2D eigenvalue weighted by Crippen LogP contribution is 2.35. The van der Waals surface area contributed by atoms with Gasteiger partial charge in [0, 0.05) is 11.1 Å². The van der Waals surface area contributed by atoms with Gasteiger partial charge in [-0.15, -0.1) is 11.3 Å². The zero-order valence-electron chi connectivity index (χ0n) is 15.3. The smallest absolute Gasteiger partial charge is 0.340 e. The number of fused-ring (bicyclic) bond motifs is 1. The summed E-state index contributed by atoms with van der Waals surface area (Å²) in [6.07, 6.45) is 1.20. The SMILES string of the molecule is CCOC(=O)c1ccccc1N[C@H]1c2ncccc2C(=O)N1Cc1cccs1. The summed E-state index contributed by atoms with van der Waals surface area (Å²) in [6, 6.07) is 14.6. The number of hydrogen-bond acceptors (Lipinski definition) is 6. The summed E-state index contributed by atoms with van der Waals surface area (Å²) in [4.78, 5) is 32.6. The molecule has 1 amide bonds. The van der Waals surface area contributed by atoms with Crippen LogP contribution < -0.4 is 5.32 Å². The van der Waals surface area contributed by atoms with Crippen LogP contribution in [0.25, 0.3) is 0 Å². The van der Waals surface area contributed by atoms with Crippen LogP contribution in [-0.4, -0.2) is 28.4 Å². The van der Waals surface area contributed by atoms with E-state index < -0.39 is 12.1 Å². The number of aromatic nitrogens is 1. The average molecular weight is 393 g/mol. The molecule has 0 unspecified atom stereocenters. The third-order valence-corrected chi connectivity index (χ3v) is 5.38. The number of anilines is 1. The van der Waals surface area contributed by atoms with Gasteiger partial charge in [0.1, 0.15) is 6.17 Å². The highest BCUT2D eigenvalue weighted by atomic mass is 32.1. The van der Waals surface area contributed by atoms with Gasteiger partial charge in [-0.3, -0.25) is 9.78 Å².